The van der Waals surface area contributed by atoms with Gasteiger partial charge in [0, 0.05) is 24.5 Å². The van der Waals surface area contributed by atoms with Gasteiger partial charge in [-0.15, -0.1) is 0 Å². The van der Waals surface area contributed by atoms with E-state index in [0.29, 0.717) is 13.0 Å². The van der Waals surface area contributed by atoms with E-state index in [2.05, 4.69) is 5.32 Å². The largest absolute Gasteiger partial charge is 0.354 e. The molecule has 0 saturated heterocycles. The molecule has 1 amide bonds. The van der Waals surface area contributed by atoms with Gasteiger partial charge >= 0.3 is 0 Å². The highest BCUT2D eigenvalue weighted by Gasteiger charge is 2.27. The van der Waals surface area contributed by atoms with Crippen LogP contribution in [0.5, 0.6) is 0 Å². The predicted molar refractivity (Wildman–Crippen MR) is 61.3 cm³/mol. The highest BCUT2D eigenvalue weighted by molar-refractivity contribution is 5.76. The van der Waals surface area contributed by atoms with Crippen LogP contribution in [0.4, 0.5) is 0 Å². The quantitative estimate of drug-likeness (QED) is 0.636. The average molecular weight is 213 g/mol. The molecule has 4 nitrogen and oxygen atoms in total. The summed E-state index contributed by atoms with van der Waals surface area (Å²) >= 11 is 0. The number of rotatable bonds is 4. The number of nitrogens with two attached hydrogens (primary N) is 2. The maximum atomic E-state index is 11.4. The Morgan fingerprint density at radius 3 is 2.53 bits per heavy atom. The molecular formula is C11H23N3O. The fourth-order valence-electron chi connectivity index (χ4n) is 2.07. The Labute approximate surface area is 91.8 Å². The fourth-order valence-corrected chi connectivity index (χ4v) is 2.07. The molecule has 5 N–H and O–H groups in total. The molecule has 0 aromatic carbocycles. The third kappa shape index (κ3) is 4.62. The number of nitrogens with one attached hydrogen (secondary N) is 1. The van der Waals surface area contributed by atoms with Gasteiger partial charge in [0.25, 0.3) is 0 Å². The molecular weight excluding hydrogens is 190 g/mol. The van der Waals surface area contributed by atoms with Gasteiger partial charge in [-0.25, -0.2) is 0 Å². The summed E-state index contributed by atoms with van der Waals surface area (Å²) in [6, 6.07) is -0.0786. The van der Waals surface area contributed by atoms with Crippen molar-refractivity contribution in [3.8, 4) is 0 Å². The first kappa shape index (κ1) is 12.5. The van der Waals surface area contributed by atoms with Crippen LogP contribution in [0.3, 0.4) is 0 Å². The van der Waals surface area contributed by atoms with Crippen molar-refractivity contribution in [2.24, 2.45) is 11.5 Å². The highest BCUT2D eigenvalue weighted by atomic mass is 16.1. The minimum atomic E-state index is -0.175. The smallest absolute Gasteiger partial charge is 0.221 e. The number of hydrogen-bond donors (Lipinski definition) is 3. The van der Waals surface area contributed by atoms with Gasteiger partial charge in [0.05, 0.1) is 0 Å². The van der Waals surface area contributed by atoms with E-state index in [4.69, 9.17) is 11.5 Å². The number of carbonyl (C=O) groups excluding carboxylic acids is 1. The summed E-state index contributed by atoms with van der Waals surface area (Å²) in [6.07, 6.45) is 6.05. The third-order valence-electron chi connectivity index (χ3n) is 2.99. The van der Waals surface area contributed by atoms with Crippen molar-refractivity contribution in [3.63, 3.8) is 0 Å². The zero-order valence-corrected chi connectivity index (χ0v) is 9.59. The Bertz CT molecular complexity index is 210. The first-order chi connectivity index (χ1) is 7.02. The molecule has 0 aliphatic heterocycles. The molecule has 88 valence electrons. The van der Waals surface area contributed by atoms with Crippen molar-refractivity contribution in [3.05, 3.63) is 0 Å². The molecule has 1 saturated carbocycles. The lowest BCUT2D eigenvalue weighted by atomic mass is 9.82. The van der Waals surface area contributed by atoms with Crippen LogP contribution in [0.1, 0.15) is 45.4 Å². The van der Waals surface area contributed by atoms with E-state index in [1.165, 1.54) is 19.3 Å². The summed E-state index contributed by atoms with van der Waals surface area (Å²) in [5.74, 6) is 0.0143. The van der Waals surface area contributed by atoms with Crippen LogP contribution in [-0.4, -0.2) is 24.0 Å². The van der Waals surface area contributed by atoms with E-state index in [1.807, 2.05) is 6.92 Å². The standard InChI is InChI=1S/C11H23N3O/c1-9(12)7-10(15)14-8-11(13)5-3-2-4-6-11/h9H,2-8,12-13H2,1H3,(H,14,15). The second kappa shape index (κ2) is 5.47. The van der Waals surface area contributed by atoms with Crippen LogP contribution in [0.25, 0.3) is 0 Å². The van der Waals surface area contributed by atoms with Gasteiger partial charge in [0.1, 0.15) is 0 Å². The summed E-state index contributed by atoms with van der Waals surface area (Å²) in [5, 5.41) is 2.88. The van der Waals surface area contributed by atoms with E-state index in [0.717, 1.165) is 12.8 Å². The normalized spacial score (nSPS) is 22.1. The molecule has 0 aromatic heterocycles. The number of carbonyl (C=O) groups is 1. The Morgan fingerprint density at radius 2 is 2.00 bits per heavy atom. The first-order valence-corrected chi connectivity index (χ1v) is 5.83. The van der Waals surface area contributed by atoms with E-state index >= 15 is 0 Å². The molecule has 15 heavy (non-hydrogen) atoms. The van der Waals surface area contributed by atoms with Crippen molar-refractivity contribution in [2.75, 3.05) is 6.54 Å². The van der Waals surface area contributed by atoms with Crippen LogP contribution in [0.2, 0.25) is 0 Å². The third-order valence-corrected chi connectivity index (χ3v) is 2.99. The highest BCUT2D eigenvalue weighted by Crippen LogP contribution is 2.24. The van der Waals surface area contributed by atoms with Crippen LogP contribution >= 0.6 is 0 Å². The molecule has 1 aliphatic rings. The maximum absolute atomic E-state index is 11.4. The van der Waals surface area contributed by atoms with Gasteiger partial charge < -0.3 is 16.8 Å². The van der Waals surface area contributed by atoms with Crippen molar-refractivity contribution < 1.29 is 4.79 Å². The van der Waals surface area contributed by atoms with Crippen molar-refractivity contribution in [1.82, 2.24) is 5.32 Å². The van der Waals surface area contributed by atoms with Gasteiger partial charge in [-0.3, -0.25) is 4.79 Å². The van der Waals surface area contributed by atoms with Crippen molar-refractivity contribution >= 4 is 5.91 Å². The molecule has 1 rings (SSSR count). The minimum absolute atomic E-state index is 0.0143. The lowest BCUT2D eigenvalue weighted by Gasteiger charge is -2.33. The van der Waals surface area contributed by atoms with Crippen LogP contribution in [0, 0.1) is 0 Å². The van der Waals surface area contributed by atoms with Crippen LogP contribution in [0.15, 0.2) is 0 Å². The Morgan fingerprint density at radius 1 is 1.40 bits per heavy atom. The van der Waals surface area contributed by atoms with E-state index in [-0.39, 0.29) is 17.5 Å². The molecule has 4 heteroatoms. The fraction of sp³-hybridized carbons (Fsp3) is 0.909. The van der Waals surface area contributed by atoms with Gasteiger partial charge in [-0.1, -0.05) is 19.3 Å². The molecule has 0 aromatic rings. The molecule has 1 atom stereocenters. The molecule has 0 bridgehead atoms. The molecule has 1 fully saturated rings. The molecule has 1 unspecified atom stereocenters. The summed E-state index contributed by atoms with van der Waals surface area (Å²) in [5.41, 5.74) is 11.6. The second-order valence-electron chi connectivity index (χ2n) is 4.88. The first-order valence-electron chi connectivity index (χ1n) is 5.83. The Balaban J connectivity index is 2.25. The van der Waals surface area contributed by atoms with Gasteiger partial charge in [0.2, 0.25) is 5.91 Å². The van der Waals surface area contributed by atoms with Gasteiger partial charge in [-0.05, 0) is 19.8 Å². The molecule has 0 radical (unpaired) electrons. The van der Waals surface area contributed by atoms with E-state index < -0.39 is 0 Å². The van der Waals surface area contributed by atoms with Crippen molar-refractivity contribution in [2.45, 2.75) is 57.0 Å². The summed E-state index contributed by atoms with van der Waals surface area (Å²) < 4.78 is 0. The van der Waals surface area contributed by atoms with Gasteiger partial charge in [0.15, 0.2) is 0 Å². The maximum Gasteiger partial charge on any atom is 0.221 e. The molecule has 1 aliphatic carbocycles. The zero-order valence-electron chi connectivity index (χ0n) is 9.59. The monoisotopic (exact) mass is 213 g/mol. The Kier molecular flexibility index (Phi) is 4.54. The lowest BCUT2D eigenvalue weighted by molar-refractivity contribution is -0.121. The summed E-state index contributed by atoms with van der Waals surface area (Å²) in [4.78, 5) is 11.4. The second-order valence-corrected chi connectivity index (χ2v) is 4.88. The summed E-state index contributed by atoms with van der Waals surface area (Å²) in [6.45, 7) is 2.43. The summed E-state index contributed by atoms with van der Waals surface area (Å²) in [7, 11) is 0. The minimum Gasteiger partial charge on any atom is -0.354 e. The number of hydrogen-bond acceptors (Lipinski definition) is 3. The lowest BCUT2D eigenvalue weighted by Crippen LogP contribution is -2.51. The zero-order chi connectivity index (χ0) is 11.3. The molecule has 0 heterocycles. The number of amides is 1. The van der Waals surface area contributed by atoms with Crippen LogP contribution < -0.4 is 16.8 Å². The predicted octanol–water partition coefficient (Wildman–Crippen LogP) is 0.502. The Hall–Kier alpha value is -0.610. The van der Waals surface area contributed by atoms with E-state index in [1.54, 1.807) is 0 Å². The van der Waals surface area contributed by atoms with E-state index in [9.17, 15) is 4.79 Å². The van der Waals surface area contributed by atoms with Crippen LogP contribution in [-0.2, 0) is 4.79 Å². The topological polar surface area (TPSA) is 81.1 Å². The molecule has 0 spiro atoms. The average Bonchev–Trinajstić information content (AvgIpc) is 2.15. The van der Waals surface area contributed by atoms with Gasteiger partial charge in [-0.2, -0.15) is 0 Å². The van der Waals surface area contributed by atoms with Crippen molar-refractivity contribution in [1.29, 1.82) is 0 Å². The SMILES string of the molecule is CC(N)CC(=O)NCC1(N)CCCCC1.